The number of carbonyl (C=O) groups excluding carboxylic acids is 3. The van der Waals surface area contributed by atoms with Crippen LogP contribution < -0.4 is 44.3 Å². The van der Waals surface area contributed by atoms with Crippen LogP contribution in [0, 0.1) is 27.7 Å². The number of phenolic OH excluding ortho intramolecular Hbond substituents is 3. The first-order valence-electron chi connectivity index (χ1n) is 38.4. The average Bonchev–Trinajstić information content (AvgIpc) is 1.68. The van der Waals surface area contributed by atoms with Gasteiger partial charge in [0.1, 0.15) is 70.5 Å². The number of aromatic nitrogens is 5. The molecule has 0 bridgehead atoms. The SMILES string of the molecule is CC(=O)Nc1cc(N(C)C)ccc1-c1nc(-c2cc(C)c(O)c(C)c2)oc1CCCOc1ccccc1.CN(C)c1ccc(-c2nc(-c3cc(Oc4ccccc4)c(O)c(Oc4ccccc4)c3)[nH]c2COc2ccccc2)cc1.CNC(=O)c1cc(N(C)C)ccc1-c1nc(-c2cc(C)c(O)c(C)c2)[nH]c1CCc1cccc(C=O)c1. The van der Waals surface area contributed by atoms with Crippen LogP contribution in [-0.4, -0.2) is 114 Å². The third-order valence-corrected chi connectivity index (χ3v) is 19.4. The van der Waals surface area contributed by atoms with Crippen molar-refractivity contribution in [1.82, 2.24) is 30.2 Å². The third-order valence-electron chi connectivity index (χ3n) is 19.4. The summed E-state index contributed by atoms with van der Waals surface area (Å²) in [6, 6.07) is 76.4. The van der Waals surface area contributed by atoms with Gasteiger partial charge in [-0.15, -0.1) is 0 Å². The number of aromatic hydroxyl groups is 3. The average molecular weight is 1570 g/mol. The molecule has 7 N–H and O–H groups in total. The van der Waals surface area contributed by atoms with Crippen molar-refractivity contribution in [3.05, 3.63) is 299 Å². The van der Waals surface area contributed by atoms with E-state index in [2.05, 4.69) is 37.6 Å². The maximum atomic E-state index is 12.9. The van der Waals surface area contributed by atoms with E-state index in [1.165, 1.54) is 6.92 Å². The molecule has 0 fully saturated rings. The van der Waals surface area contributed by atoms with Crippen molar-refractivity contribution in [3.8, 4) is 120 Å². The molecule has 0 aliphatic heterocycles. The lowest BCUT2D eigenvalue weighted by molar-refractivity contribution is -0.114. The van der Waals surface area contributed by atoms with E-state index in [1.807, 2.05) is 292 Å². The summed E-state index contributed by atoms with van der Waals surface area (Å²) >= 11 is 0. The lowest BCUT2D eigenvalue weighted by Gasteiger charge is -2.16. The standard InChI is InChI=1S/C36H31N3O4.C30H32N4O3.C30H33N3O4/c1-39(2)27-20-18-25(19-21-27)34-31(24-41-28-12-6-3-7-13-28)37-36(38-34)26-22-32(42-29-14-8-4-9-15-29)35(40)33(23-26)43-30-16-10-5-11-17-30;1-18-13-22(14-19(2)28(18)36)29-32-26(12-9-20-7-6-8-21(15-20)17-35)27(33-29)24-11-10-23(34(4)5)16-25(24)30(37)31-3;1-19-16-22(17-20(2)29(19)35)30-32-28(25-14-13-23(33(4)5)18-26(25)31-21(3)34)27(37-30)12-9-15-36-24-10-7-6-8-11-24/h3-23,40H,24H2,1-2H3,(H,37,38);6-8,10-11,13-17,36H,9,12H2,1-5H3,(H,31,37)(H,32,33);6-8,10-11,13-14,16-18,35H,9,12,15H2,1-5H3,(H,31,34). The lowest BCUT2D eigenvalue weighted by Crippen LogP contribution is -2.20. The van der Waals surface area contributed by atoms with Gasteiger partial charge in [-0.2, -0.15) is 0 Å². The second kappa shape index (κ2) is 38.0. The number of nitrogens with zero attached hydrogens (tertiary/aromatic N) is 6. The summed E-state index contributed by atoms with van der Waals surface area (Å²) in [7, 11) is 13.4. The topological polar surface area (TPSA) is 266 Å². The maximum Gasteiger partial charge on any atom is 0.251 e. The van der Waals surface area contributed by atoms with Crippen molar-refractivity contribution < 1.29 is 53.1 Å². The zero-order valence-corrected chi connectivity index (χ0v) is 67.7. The van der Waals surface area contributed by atoms with Crippen LogP contribution in [0.2, 0.25) is 0 Å². The Hall–Kier alpha value is -14.3. The zero-order chi connectivity index (χ0) is 82.8. The van der Waals surface area contributed by atoms with E-state index in [9.17, 15) is 29.7 Å². The number of anilines is 4. The van der Waals surface area contributed by atoms with Gasteiger partial charge in [-0.05, 0) is 214 Å². The number of hydrogen-bond donors (Lipinski definition) is 7. The van der Waals surface area contributed by atoms with E-state index >= 15 is 0 Å². The smallest absolute Gasteiger partial charge is 0.251 e. The molecule has 14 aromatic rings. The van der Waals surface area contributed by atoms with Crippen molar-refractivity contribution in [2.75, 3.05) is 76.0 Å². The molecule has 21 nitrogen and oxygen atoms in total. The predicted octanol–water partition coefficient (Wildman–Crippen LogP) is 20.1. The van der Waals surface area contributed by atoms with E-state index in [0.717, 1.165) is 114 Å². The normalized spacial score (nSPS) is 10.8. The van der Waals surface area contributed by atoms with Crippen LogP contribution in [-0.2, 0) is 30.7 Å². The maximum absolute atomic E-state index is 12.9. The molecule has 0 saturated heterocycles. The number of aldehydes is 1. The fourth-order valence-electron chi connectivity index (χ4n) is 13.2. The first-order chi connectivity index (χ1) is 56.5. The fraction of sp³-hybridized carbons (Fsp3) is 0.188. The van der Waals surface area contributed by atoms with Gasteiger partial charge in [-0.1, -0.05) is 103 Å². The molecule has 0 atom stereocenters. The number of aryl methyl sites for hydroxylation is 7. The van der Waals surface area contributed by atoms with Gasteiger partial charge >= 0.3 is 0 Å². The molecule has 0 aliphatic carbocycles. The van der Waals surface area contributed by atoms with Crippen LogP contribution in [0.15, 0.2) is 247 Å². The summed E-state index contributed by atoms with van der Waals surface area (Å²) in [6.45, 7) is 9.72. The highest BCUT2D eigenvalue weighted by molar-refractivity contribution is 6.02. The monoisotopic (exact) mass is 1560 g/mol. The number of nitrogens with one attached hydrogen (secondary N) is 4. The Morgan fingerprint density at radius 2 is 0.966 bits per heavy atom. The number of para-hydroxylation sites is 4. The van der Waals surface area contributed by atoms with E-state index in [1.54, 1.807) is 25.2 Å². The highest BCUT2D eigenvalue weighted by Crippen LogP contribution is 2.46. The number of oxazole rings is 1. The third kappa shape index (κ3) is 20.7. The Bertz CT molecular complexity index is 5660. The highest BCUT2D eigenvalue weighted by Gasteiger charge is 2.26. The summed E-state index contributed by atoms with van der Waals surface area (Å²) in [5.41, 5.74) is 17.5. The van der Waals surface area contributed by atoms with E-state index < -0.39 is 0 Å². The second-order valence-electron chi connectivity index (χ2n) is 28.9. The predicted molar refractivity (Wildman–Crippen MR) is 464 cm³/mol. The quantitative estimate of drug-likeness (QED) is 0.0186. The molecule has 21 heteroatoms. The Kier molecular flexibility index (Phi) is 26.7. The number of H-pyrrole nitrogens is 2. The molecule has 2 amide bonds. The first-order valence-corrected chi connectivity index (χ1v) is 38.4. The van der Waals surface area contributed by atoms with Crippen molar-refractivity contribution >= 4 is 40.9 Å². The summed E-state index contributed by atoms with van der Waals surface area (Å²) in [5.74, 6) is 5.71. The Labute approximate surface area is 681 Å². The number of carbonyl (C=O) groups is 3. The Balaban J connectivity index is 0.000000162. The highest BCUT2D eigenvalue weighted by atomic mass is 16.5. The molecule has 0 radical (unpaired) electrons. The van der Waals surface area contributed by atoms with Crippen LogP contribution in [0.1, 0.15) is 79.0 Å². The minimum absolute atomic E-state index is 0.116. The number of rotatable bonds is 27. The van der Waals surface area contributed by atoms with E-state index in [-0.39, 0.29) is 47.2 Å². The van der Waals surface area contributed by atoms with Crippen molar-refractivity contribution in [2.45, 2.75) is 66.9 Å². The number of hydrogen-bond acceptors (Lipinski definition) is 17. The van der Waals surface area contributed by atoms with Crippen LogP contribution in [0.5, 0.6) is 51.7 Å². The Morgan fingerprint density at radius 3 is 1.50 bits per heavy atom. The van der Waals surface area contributed by atoms with Gasteiger partial charge in [-0.3, -0.25) is 14.4 Å². The number of aromatic amines is 2. The molecule has 0 aliphatic rings. The van der Waals surface area contributed by atoms with Crippen molar-refractivity contribution in [3.63, 3.8) is 0 Å². The minimum Gasteiger partial charge on any atom is -0.507 e. The summed E-state index contributed by atoms with van der Waals surface area (Å²) in [4.78, 5) is 64.0. The first kappa shape index (κ1) is 82.1. The molecule has 3 aromatic heterocycles. The zero-order valence-electron chi connectivity index (χ0n) is 67.7. The molecule has 0 spiro atoms. The second-order valence-corrected chi connectivity index (χ2v) is 28.9. The number of phenols is 3. The number of benzene rings is 11. The van der Waals surface area contributed by atoms with Gasteiger partial charge in [0.2, 0.25) is 17.5 Å². The van der Waals surface area contributed by atoms with Gasteiger partial charge in [0.15, 0.2) is 11.5 Å². The molecule has 117 heavy (non-hydrogen) atoms. The number of imidazole rings is 2. The molecular weight excluding hydrogens is 1470 g/mol. The molecule has 14 rings (SSSR count). The fourth-order valence-corrected chi connectivity index (χ4v) is 13.2. The van der Waals surface area contributed by atoms with Gasteiger partial charge in [0.25, 0.3) is 5.91 Å². The molecule has 3 heterocycles. The molecule has 0 saturated carbocycles. The summed E-state index contributed by atoms with van der Waals surface area (Å²) in [6.07, 6.45) is 3.48. The molecule has 0 unspecified atom stereocenters. The Morgan fingerprint density at radius 1 is 0.470 bits per heavy atom. The van der Waals surface area contributed by atoms with Gasteiger partial charge in [0.05, 0.1) is 34.9 Å². The van der Waals surface area contributed by atoms with Crippen LogP contribution in [0.4, 0.5) is 22.7 Å². The number of ether oxygens (including phenoxy) is 4. The summed E-state index contributed by atoms with van der Waals surface area (Å²) in [5, 5.41) is 37.4. The van der Waals surface area contributed by atoms with Gasteiger partial charge in [0, 0.05) is 124 Å². The lowest BCUT2D eigenvalue weighted by atomic mass is 9.98. The van der Waals surface area contributed by atoms with Gasteiger partial charge < -0.3 is 74.0 Å². The summed E-state index contributed by atoms with van der Waals surface area (Å²) < 4.78 is 30.5. The molecule has 11 aromatic carbocycles. The van der Waals surface area contributed by atoms with Gasteiger partial charge in [-0.25, -0.2) is 15.0 Å². The van der Waals surface area contributed by atoms with Crippen LogP contribution >= 0.6 is 0 Å². The minimum atomic E-state index is -0.191. The van der Waals surface area contributed by atoms with Crippen molar-refractivity contribution in [1.29, 1.82) is 0 Å². The van der Waals surface area contributed by atoms with Crippen LogP contribution in [0.3, 0.4) is 0 Å². The van der Waals surface area contributed by atoms with Crippen LogP contribution in [0.25, 0.3) is 68.0 Å². The van der Waals surface area contributed by atoms with E-state index in [0.29, 0.717) is 94.4 Å². The van der Waals surface area contributed by atoms with Crippen molar-refractivity contribution in [2.24, 2.45) is 0 Å². The molecular formula is C96H96N10O11. The number of amides is 2. The largest absolute Gasteiger partial charge is 0.507 e. The van der Waals surface area contributed by atoms with E-state index in [4.69, 9.17) is 38.3 Å². The molecule has 596 valence electrons.